The molecule has 0 aliphatic carbocycles. The van der Waals surface area contributed by atoms with Gasteiger partial charge in [-0.2, -0.15) is 0 Å². The Morgan fingerprint density at radius 3 is 2.18 bits per heavy atom. The van der Waals surface area contributed by atoms with Crippen LogP contribution in [0.25, 0.3) is 27.9 Å². The van der Waals surface area contributed by atoms with Crippen LogP contribution in [0.4, 0.5) is 10.1 Å². The topological polar surface area (TPSA) is 66.5 Å². The summed E-state index contributed by atoms with van der Waals surface area (Å²) in [4.78, 5) is 21.3. The first kappa shape index (κ1) is 27.2. The van der Waals surface area contributed by atoms with Crippen LogP contribution in [0.5, 0.6) is 5.75 Å². The summed E-state index contributed by atoms with van der Waals surface area (Å²) in [6, 6.07) is 9.36. The summed E-state index contributed by atoms with van der Waals surface area (Å²) in [5.74, 6) is -0.628. The number of nitrogens with zero attached hydrogens (tertiary/aromatic N) is 5. The molecular weight excluding hydrogens is 540 g/mol. The minimum absolute atomic E-state index is 0.0812. The third-order valence-electron chi connectivity index (χ3n) is 7.24. The molecule has 1 aliphatic heterocycles. The summed E-state index contributed by atoms with van der Waals surface area (Å²) in [6.07, 6.45) is 4.79. The van der Waals surface area contributed by atoms with Crippen molar-refractivity contribution in [1.82, 2.24) is 19.0 Å². The Morgan fingerprint density at radius 2 is 1.59 bits per heavy atom. The molecule has 1 fully saturated rings. The number of halogens is 3. The van der Waals surface area contributed by atoms with Crippen molar-refractivity contribution in [2.45, 2.75) is 26.3 Å². The van der Waals surface area contributed by atoms with Crippen molar-refractivity contribution in [3.63, 3.8) is 0 Å². The summed E-state index contributed by atoms with van der Waals surface area (Å²) in [7, 11) is 1.65. The van der Waals surface area contributed by atoms with Crippen LogP contribution in [0.15, 0.2) is 59.8 Å². The fourth-order valence-corrected chi connectivity index (χ4v) is 5.47. The number of aromatic hydroxyl groups is 1. The molecule has 39 heavy (non-hydrogen) atoms. The number of anilines is 1. The molecule has 1 N–H and O–H groups in total. The van der Waals surface area contributed by atoms with E-state index in [9.17, 15) is 14.3 Å². The highest BCUT2D eigenvalue weighted by molar-refractivity contribution is 6.33. The zero-order chi connectivity index (χ0) is 28.1. The maximum absolute atomic E-state index is 14.9. The van der Waals surface area contributed by atoms with Crippen LogP contribution in [0.3, 0.4) is 0 Å². The number of aryl methyl sites for hydroxylation is 1. The average Bonchev–Trinajstić information content (AvgIpc) is 3.22. The molecule has 0 bridgehead atoms. The van der Waals surface area contributed by atoms with E-state index in [1.165, 1.54) is 27.5 Å². The highest BCUT2D eigenvalue weighted by Crippen LogP contribution is 2.41. The van der Waals surface area contributed by atoms with E-state index in [2.05, 4.69) is 35.6 Å². The Morgan fingerprint density at radius 1 is 0.923 bits per heavy atom. The lowest BCUT2D eigenvalue weighted by Gasteiger charge is -2.43. The van der Waals surface area contributed by atoms with Crippen LogP contribution >= 0.6 is 23.2 Å². The molecule has 2 aromatic heterocycles. The SMILES string of the molecule is Cn1ccn(-c2ccc(-c3cc(F)cc(-c4cnc(Cl)c(N5CCN(C(C)(C)C)CC5)c4)c3O)cc2Cl)c1=O. The van der Waals surface area contributed by atoms with Crippen molar-refractivity contribution in [2.75, 3.05) is 31.1 Å². The van der Waals surface area contributed by atoms with E-state index in [4.69, 9.17) is 23.2 Å². The number of imidazole rings is 1. The van der Waals surface area contributed by atoms with Gasteiger partial charge in [0, 0.05) is 74.0 Å². The fraction of sp³-hybridized carbons (Fsp3) is 0.310. The molecule has 0 unspecified atom stereocenters. The first-order valence-corrected chi connectivity index (χ1v) is 13.4. The molecule has 10 heteroatoms. The predicted octanol–water partition coefficient (Wildman–Crippen LogP) is 5.98. The largest absolute Gasteiger partial charge is 0.507 e. The molecule has 1 saturated heterocycles. The van der Waals surface area contributed by atoms with Gasteiger partial charge in [0.15, 0.2) is 5.15 Å². The van der Waals surface area contributed by atoms with Crippen LogP contribution in [0, 0.1) is 5.82 Å². The van der Waals surface area contributed by atoms with E-state index in [0.29, 0.717) is 27.5 Å². The molecule has 0 atom stereocenters. The average molecular weight is 570 g/mol. The van der Waals surface area contributed by atoms with E-state index in [1.54, 1.807) is 37.6 Å². The van der Waals surface area contributed by atoms with Gasteiger partial charge < -0.3 is 14.6 Å². The summed E-state index contributed by atoms with van der Waals surface area (Å²) in [5.41, 5.74) is 2.69. The number of hydrogen-bond acceptors (Lipinski definition) is 5. The molecule has 0 amide bonds. The maximum atomic E-state index is 14.9. The molecule has 1 aliphatic rings. The van der Waals surface area contributed by atoms with Gasteiger partial charge in [-0.05, 0) is 56.7 Å². The van der Waals surface area contributed by atoms with E-state index < -0.39 is 5.82 Å². The van der Waals surface area contributed by atoms with Crippen LogP contribution in [0.1, 0.15) is 20.8 Å². The fourth-order valence-electron chi connectivity index (χ4n) is 4.98. The lowest BCUT2D eigenvalue weighted by atomic mass is 9.97. The van der Waals surface area contributed by atoms with E-state index >= 15 is 0 Å². The van der Waals surface area contributed by atoms with Gasteiger partial charge in [-0.3, -0.25) is 9.47 Å². The van der Waals surface area contributed by atoms with Crippen molar-refractivity contribution in [1.29, 1.82) is 0 Å². The second-order valence-corrected chi connectivity index (χ2v) is 11.5. The molecule has 4 aromatic rings. The Hall–Kier alpha value is -3.33. The van der Waals surface area contributed by atoms with Crippen LogP contribution in [-0.4, -0.2) is 55.8 Å². The predicted molar refractivity (Wildman–Crippen MR) is 155 cm³/mol. The van der Waals surface area contributed by atoms with E-state index in [-0.39, 0.29) is 27.6 Å². The molecule has 2 aromatic carbocycles. The monoisotopic (exact) mass is 569 g/mol. The third kappa shape index (κ3) is 5.29. The minimum atomic E-state index is -0.521. The van der Waals surface area contributed by atoms with Crippen molar-refractivity contribution in [3.05, 3.63) is 81.5 Å². The zero-order valence-corrected chi connectivity index (χ0v) is 23.8. The molecule has 0 spiro atoms. The first-order valence-electron chi connectivity index (χ1n) is 12.7. The van der Waals surface area contributed by atoms with E-state index in [0.717, 1.165) is 31.9 Å². The second kappa shape index (κ2) is 10.3. The molecule has 3 heterocycles. The van der Waals surface area contributed by atoms with Crippen LogP contribution in [-0.2, 0) is 7.05 Å². The maximum Gasteiger partial charge on any atom is 0.332 e. The Labute approximate surface area is 236 Å². The molecule has 7 nitrogen and oxygen atoms in total. The van der Waals surface area contributed by atoms with Crippen molar-refractivity contribution < 1.29 is 9.50 Å². The number of phenols is 1. The van der Waals surface area contributed by atoms with Gasteiger partial charge in [-0.15, -0.1) is 0 Å². The number of piperazine rings is 1. The minimum Gasteiger partial charge on any atom is -0.507 e. The Balaban J connectivity index is 1.50. The molecule has 0 radical (unpaired) electrons. The number of rotatable bonds is 4. The van der Waals surface area contributed by atoms with Gasteiger partial charge in [0.1, 0.15) is 11.6 Å². The van der Waals surface area contributed by atoms with Gasteiger partial charge in [0.05, 0.1) is 16.4 Å². The normalized spacial score (nSPS) is 14.7. The highest BCUT2D eigenvalue weighted by Gasteiger charge is 2.27. The van der Waals surface area contributed by atoms with Crippen molar-refractivity contribution in [3.8, 4) is 33.7 Å². The van der Waals surface area contributed by atoms with Gasteiger partial charge in [-0.1, -0.05) is 29.3 Å². The number of hydrogen-bond donors (Lipinski definition) is 1. The Kier molecular flexibility index (Phi) is 7.22. The number of benzene rings is 2. The first-order chi connectivity index (χ1) is 18.4. The van der Waals surface area contributed by atoms with Gasteiger partial charge in [0.2, 0.25) is 0 Å². The number of pyridine rings is 1. The lowest BCUT2D eigenvalue weighted by molar-refractivity contribution is 0.128. The summed E-state index contributed by atoms with van der Waals surface area (Å²) < 4.78 is 17.8. The van der Waals surface area contributed by atoms with Crippen molar-refractivity contribution >= 4 is 28.9 Å². The highest BCUT2D eigenvalue weighted by atomic mass is 35.5. The number of aromatic nitrogens is 3. The lowest BCUT2D eigenvalue weighted by Crippen LogP contribution is -2.53. The standard InChI is InChI=1S/C29H30Cl2FN5O2/c1-29(2,3)36-10-8-35(9-11-36)25-14-19(17-33-27(25)31)22-16-20(32)15-21(26(22)38)18-5-6-24(23(30)13-18)37-12-7-34(4)28(37)39/h5-7,12-17,38H,8-11H2,1-4H3. The number of phenolic OH excluding ortho intramolecular Hbond substituents is 1. The molecule has 0 saturated carbocycles. The van der Waals surface area contributed by atoms with Crippen LogP contribution in [0.2, 0.25) is 10.2 Å². The third-order valence-corrected chi connectivity index (χ3v) is 7.83. The van der Waals surface area contributed by atoms with Crippen LogP contribution < -0.4 is 10.6 Å². The van der Waals surface area contributed by atoms with Gasteiger partial charge in [-0.25, -0.2) is 14.2 Å². The Bertz CT molecular complexity index is 1600. The molecule has 5 rings (SSSR count). The molecular formula is C29H30Cl2FN5O2. The summed E-state index contributed by atoms with van der Waals surface area (Å²) in [6.45, 7) is 9.91. The van der Waals surface area contributed by atoms with Gasteiger partial charge in [0.25, 0.3) is 0 Å². The zero-order valence-electron chi connectivity index (χ0n) is 22.3. The van der Waals surface area contributed by atoms with Gasteiger partial charge >= 0.3 is 5.69 Å². The smallest absolute Gasteiger partial charge is 0.332 e. The van der Waals surface area contributed by atoms with E-state index in [1.807, 2.05) is 6.07 Å². The quantitative estimate of drug-likeness (QED) is 0.306. The van der Waals surface area contributed by atoms with Crippen molar-refractivity contribution in [2.24, 2.45) is 7.05 Å². The summed E-state index contributed by atoms with van der Waals surface area (Å²) in [5, 5.41) is 11.9. The second-order valence-electron chi connectivity index (χ2n) is 10.8. The summed E-state index contributed by atoms with van der Waals surface area (Å²) >= 11 is 13.0. The molecule has 204 valence electrons.